The molecule has 0 amide bonds. The van der Waals surface area contributed by atoms with Crippen LogP contribution in [0.2, 0.25) is 0 Å². The normalized spacial score (nSPS) is 29.8. The topological polar surface area (TPSA) is 26.3 Å². The fourth-order valence-corrected chi connectivity index (χ4v) is 3.06. The van der Waals surface area contributed by atoms with Gasteiger partial charge in [0.1, 0.15) is 0 Å². The Morgan fingerprint density at radius 2 is 2.31 bits per heavy atom. The van der Waals surface area contributed by atoms with Gasteiger partial charge in [-0.3, -0.25) is 4.21 Å². The van der Waals surface area contributed by atoms with Crippen LogP contribution in [0.15, 0.2) is 11.8 Å². The van der Waals surface area contributed by atoms with E-state index in [1.54, 1.807) is 6.26 Å². The number of ether oxygens (including phenoxy) is 1. The van der Waals surface area contributed by atoms with Gasteiger partial charge >= 0.3 is 0 Å². The molecule has 1 fully saturated rings. The standard InChI is InChI=1S/C10H18O2S/c1-8(2)6-12-9(3)10-4-5-13(11)7-10/h6,9-10H,4-5,7H2,1-3H3. The maximum absolute atomic E-state index is 11.1. The van der Waals surface area contributed by atoms with Gasteiger partial charge in [-0.25, -0.2) is 0 Å². The Kier molecular flexibility index (Phi) is 3.97. The van der Waals surface area contributed by atoms with E-state index in [1.807, 2.05) is 13.8 Å². The molecule has 2 nitrogen and oxygen atoms in total. The molecule has 1 aliphatic heterocycles. The monoisotopic (exact) mass is 202 g/mol. The van der Waals surface area contributed by atoms with Crippen molar-refractivity contribution in [3.05, 3.63) is 11.8 Å². The second-order valence-electron chi connectivity index (χ2n) is 3.90. The predicted molar refractivity (Wildman–Crippen MR) is 56.0 cm³/mol. The smallest absolute Gasteiger partial charge is 0.0987 e. The lowest BCUT2D eigenvalue weighted by molar-refractivity contribution is 0.111. The summed E-state index contributed by atoms with van der Waals surface area (Å²) in [6.07, 6.45) is 3.05. The van der Waals surface area contributed by atoms with Crippen molar-refractivity contribution in [3.8, 4) is 0 Å². The van der Waals surface area contributed by atoms with Crippen LogP contribution in [-0.2, 0) is 15.5 Å². The Labute approximate surface area is 82.8 Å². The van der Waals surface area contributed by atoms with Gasteiger partial charge in [0, 0.05) is 28.2 Å². The summed E-state index contributed by atoms with van der Waals surface area (Å²) >= 11 is 0. The summed E-state index contributed by atoms with van der Waals surface area (Å²) in [6.45, 7) is 6.09. The van der Waals surface area contributed by atoms with E-state index in [0.717, 1.165) is 17.9 Å². The number of rotatable bonds is 3. The second-order valence-corrected chi connectivity index (χ2v) is 5.52. The van der Waals surface area contributed by atoms with Crippen molar-refractivity contribution < 1.29 is 8.95 Å². The number of allylic oxidation sites excluding steroid dienone is 1. The highest BCUT2D eigenvalue weighted by molar-refractivity contribution is 7.85. The Morgan fingerprint density at radius 1 is 1.62 bits per heavy atom. The summed E-state index contributed by atoms with van der Waals surface area (Å²) in [6, 6.07) is 0. The van der Waals surface area contributed by atoms with Crippen LogP contribution in [0.4, 0.5) is 0 Å². The Bertz CT molecular complexity index is 219. The van der Waals surface area contributed by atoms with Gasteiger partial charge in [0.25, 0.3) is 0 Å². The molecule has 3 heteroatoms. The minimum Gasteiger partial charge on any atom is -0.498 e. The molecule has 0 bridgehead atoms. The number of hydrogen-bond acceptors (Lipinski definition) is 2. The van der Waals surface area contributed by atoms with Crippen molar-refractivity contribution in [3.63, 3.8) is 0 Å². The molecule has 0 N–H and O–H groups in total. The van der Waals surface area contributed by atoms with E-state index < -0.39 is 10.8 Å². The Morgan fingerprint density at radius 3 is 2.77 bits per heavy atom. The molecule has 1 heterocycles. The van der Waals surface area contributed by atoms with E-state index in [-0.39, 0.29) is 6.10 Å². The number of hydrogen-bond donors (Lipinski definition) is 0. The third-order valence-corrected chi connectivity index (χ3v) is 3.79. The van der Waals surface area contributed by atoms with Gasteiger partial charge in [-0.1, -0.05) is 0 Å². The van der Waals surface area contributed by atoms with Crippen LogP contribution in [0.3, 0.4) is 0 Å². The summed E-state index contributed by atoms with van der Waals surface area (Å²) in [4.78, 5) is 0. The quantitative estimate of drug-likeness (QED) is 0.655. The summed E-state index contributed by atoms with van der Waals surface area (Å²) in [7, 11) is -0.588. The van der Waals surface area contributed by atoms with Gasteiger partial charge in [0.2, 0.25) is 0 Å². The van der Waals surface area contributed by atoms with Crippen LogP contribution in [0, 0.1) is 5.92 Å². The maximum Gasteiger partial charge on any atom is 0.0987 e. The zero-order chi connectivity index (χ0) is 9.84. The Hall–Kier alpha value is -0.310. The van der Waals surface area contributed by atoms with Crippen molar-refractivity contribution in [2.75, 3.05) is 11.5 Å². The third kappa shape index (κ3) is 3.51. The van der Waals surface area contributed by atoms with Gasteiger partial charge in [0.15, 0.2) is 0 Å². The van der Waals surface area contributed by atoms with Crippen molar-refractivity contribution >= 4 is 10.8 Å². The fraction of sp³-hybridized carbons (Fsp3) is 0.800. The first-order valence-electron chi connectivity index (χ1n) is 4.73. The fourth-order valence-electron chi connectivity index (χ4n) is 1.41. The molecule has 0 radical (unpaired) electrons. The first-order chi connectivity index (χ1) is 6.09. The lowest BCUT2D eigenvalue weighted by atomic mass is 10.0. The van der Waals surface area contributed by atoms with Crippen molar-refractivity contribution in [1.29, 1.82) is 0 Å². The molecular weight excluding hydrogens is 184 g/mol. The van der Waals surface area contributed by atoms with E-state index >= 15 is 0 Å². The van der Waals surface area contributed by atoms with E-state index in [1.165, 1.54) is 5.57 Å². The molecule has 1 aliphatic rings. The van der Waals surface area contributed by atoms with Crippen LogP contribution in [-0.4, -0.2) is 21.8 Å². The van der Waals surface area contributed by atoms with Crippen molar-refractivity contribution in [2.24, 2.45) is 5.92 Å². The molecule has 0 aliphatic carbocycles. The van der Waals surface area contributed by atoms with E-state index in [9.17, 15) is 4.21 Å². The second kappa shape index (κ2) is 4.80. The van der Waals surface area contributed by atoms with E-state index in [2.05, 4.69) is 6.92 Å². The minimum absolute atomic E-state index is 0.210. The molecule has 0 aromatic heterocycles. The third-order valence-electron chi connectivity index (χ3n) is 2.30. The molecular formula is C10H18O2S. The molecule has 76 valence electrons. The molecule has 1 saturated heterocycles. The molecule has 0 saturated carbocycles. The summed E-state index contributed by atoms with van der Waals surface area (Å²) in [5.74, 6) is 2.15. The highest BCUT2D eigenvalue weighted by Crippen LogP contribution is 2.21. The highest BCUT2D eigenvalue weighted by atomic mass is 32.2. The summed E-state index contributed by atoms with van der Waals surface area (Å²) < 4.78 is 16.7. The maximum atomic E-state index is 11.1. The molecule has 3 unspecified atom stereocenters. The molecule has 0 aromatic carbocycles. The van der Waals surface area contributed by atoms with Crippen LogP contribution in [0.1, 0.15) is 27.2 Å². The van der Waals surface area contributed by atoms with Crippen LogP contribution >= 0.6 is 0 Å². The van der Waals surface area contributed by atoms with Gasteiger partial charge in [0.05, 0.1) is 12.4 Å². The van der Waals surface area contributed by atoms with Crippen molar-refractivity contribution in [2.45, 2.75) is 33.3 Å². The first-order valence-corrected chi connectivity index (χ1v) is 6.22. The molecule has 3 atom stereocenters. The van der Waals surface area contributed by atoms with Gasteiger partial charge < -0.3 is 4.74 Å². The average Bonchev–Trinajstić information content (AvgIpc) is 2.47. The summed E-state index contributed by atoms with van der Waals surface area (Å²) in [5.41, 5.74) is 1.17. The summed E-state index contributed by atoms with van der Waals surface area (Å²) in [5, 5.41) is 0. The largest absolute Gasteiger partial charge is 0.498 e. The van der Waals surface area contributed by atoms with Gasteiger partial charge in [-0.15, -0.1) is 0 Å². The van der Waals surface area contributed by atoms with E-state index in [4.69, 9.17) is 4.74 Å². The molecule has 1 rings (SSSR count). The Balaban J connectivity index is 2.35. The molecule has 13 heavy (non-hydrogen) atoms. The SMILES string of the molecule is CC(C)=COC(C)C1CCS(=O)C1. The van der Waals surface area contributed by atoms with Gasteiger partial charge in [-0.2, -0.15) is 0 Å². The minimum atomic E-state index is -0.588. The van der Waals surface area contributed by atoms with Gasteiger partial charge in [-0.05, 0) is 32.8 Å². The zero-order valence-electron chi connectivity index (χ0n) is 8.58. The van der Waals surface area contributed by atoms with E-state index in [0.29, 0.717) is 5.92 Å². The van der Waals surface area contributed by atoms with Crippen LogP contribution < -0.4 is 0 Å². The predicted octanol–water partition coefficient (Wildman–Crippen LogP) is 2.08. The van der Waals surface area contributed by atoms with Crippen molar-refractivity contribution in [1.82, 2.24) is 0 Å². The highest BCUT2D eigenvalue weighted by Gasteiger charge is 2.26. The molecule has 0 aromatic rings. The van der Waals surface area contributed by atoms with Crippen LogP contribution in [0.5, 0.6) is 0 Å². The van der Waals surface area contributed by atoms with Crippen LogP contribution in [0.25, 0.3) is 0 Å². The lowest BCUT2D eigenvalue weighted by Gasteiger charge is -2.17. The zero-order valence-corrected chi connectivity index (χ0v) is 9.39. The lowest BCUT2D eigenvalue weighted by Crippen LogP contribution is -2.19. The molecule has 0 spiro atoms. The first kappa shape index (κ1) is 10.8. The average molecular weight is 202 g/mol.